The second-order valence-electron chi connectivity index (χ2n) is 23.4. The summed E-state index contributed by atoms with van der Waals surface area (Å²) in [4.78, 5) is 38.3. The number of hydrogen-bond donors (Lipinski definition) is 0. The first-order valence-corrected chi connectivity index (χ1v) is 35.2. The van der Waals surface area contributed by atoms with Crippen LogP contribution in [0.4, 0.5) is 0 Å². The lowest BCUT2D eigenvalue weighted by atomic mass is 10.0. The van der Waals surface area contributed by atoms with E-state index in [1.54, 1.807) is 0 Å². The van der Waals surface area contributed by atoms with Gasteiger partial charge in [0.05, 0.1) is 0 Å². The summed E-state index contributed by atoms with van der Waals surface area (Å²) in [5.74, 6) is -0.950. The Labute approximate surface area is 508 Å². The minimum Gasteiger partial charge on any atom is -0.462 e. The molecule has 0 heterocycles. The third kappa shape index (κ3) is 67.1. The van der Waals surface area contributed by atoms with Crippen molar-refractivity contribution in [1.82, 2.24) is 0 Å². The molecule has 0 aliphatic heterocycles. The van der Waals surface area contributed by atoms with Crippen LogP contribution in [0.1, 0.15) is 348 Å². The van der Waals surface area contributed by atoms with Crippen LogP contribution in [0.3, 0.4) is 0 Å². The molecule has 0 saturated heterocycles. The van der Waals surface area contributed by atoms with Crippen LogP contribution >= 0.6 is 0 Å². The quantitative estimate of drug-likeness (QED) is 0.0261. The lowest BCUT2D eigenvalue weighted by Gasteiger charge is -2.18. The van der Waals surface area contributed by atoms with Crippen molar-refractivity contribution in [2.75, 3.05) is 13.2 Å². The van der Waals surface area contributed by atoms with Gasteiger partial charge >= 0.3 is 17.9 Å². The SMILES string of the molecule is CC/C=C\C/C=C\C/C=C\C/C=C\C/C=C\CCCCCC(=O)OC(COC(=O)CCCCC/C=C\C/C=C\C/C=C\CC)COC(=O)CCCCCCCCCCCCCCCCCCCCCCCCCCCCCCCCCC. The Hall–Kier alpha value is -3.67. The van der Waals surface area contributed by atoms with Crippen LogP contribution in [0.2, 0.25) is 0 Å². The van der Waals surface area contributed by atoms with Crippen LogP contribution < -0.4 is 0 Å². The highest BCUT2D eigenvalue weighted by Gasteiger charge is 2.19. The number of unbranched alkanes of at least 4 members (excludes halogenated alkanes) is 37. The van der Waals surface area contributed by atoms with Crippen LogP contribution in [-0.4, -0.2) is 37.2 Å². The standard InChI is InChI=1S/C76H132O6/c1-4-7-10-13-16-19-22-25-27-29-31-32-33-34-35-36-37-38-39-40-41-42-43-45-46-48-51-54-57-60-63-66-69-75(78)81-72-73(71-80-74(77)68-65-62-59-56-53-50-24-21-18-15-12-9-6-3)82-76(79)70-67-64-61-58-55-52-49-47-44-30-28-26-23-20-17-14-11-8-5-2/h8-9,11-12,17-18,20-21,26,28,44,47,50,52-53,55,73H,4-7,10,13-16,19,22-25,27,29-43,45-46,48-49,51,54,56-72H2,1-3H3/b11-8-,12-9-,20-17-,21-18-,28-26-,47-44-,53-50-,55-52-. The Morgan fingerprint density at radius 2 is 0.476 bits per heavy atom. The third-order valence-electron chi connectivity index (χ3n) is 15.3. The van der Waals surface area contributed by atoms with Crippen LogP contribution in [-0.2, 0) is 28.6 Å². The van der Waals surface area contributed by atoms with Gasteiger partial charge in [-0.1, -0.05) is 330 Å². The summed E-state index contributed by atoms with van der Waals surface area (Å²) >= 11 is 0. The topological polar surface area (TPSA) is 78.9 Å². The van der Waals surface area contributed by atoms with E-state index in [2.05, 4.69) is 118 Å². The van der Waals surface area contributed by atoms with Gasteiger partial charge in [0, 0.05) is 19.3 Å². The second-order valence-corrected chi connectivity index (χ2v) is 23.4. The van der Waals surface area contributed by atoms with Gasteiger partial charge in [-0.05, 0) is 96.3 Å². The van der Waals surface area contributed by atoms with Crippen LogP contribution in [0.15, 0.2) is 97.2 Å². The van der Waals surface area contributed by atoms with Gasteiger partial charge in [0.1, 0.15) is 13.2 Å². The molecule has 6 nitrogen and oxygen atoms in total. The normalized spacial score (nSPS) is 12.7. The molecule has 1 atom stereocenters. The first kappa shape index (κ1) is 78.3. The molecule has 0 fully saturated rings. The predicted molar refractivity (Wildman–Crippen MR) is 357 cm³/mol. The zero-order valence-electron chi connectivity index (χ0n) is 54.2. The minimum absolute atomic E-state index is 0.0987. The van der Waals surface area contributed by atoms with Gasteiger partial charge in [-0.3, -0.25) is 14.4 Å². The van der Waals surface area contributed by atoms with E-state index in [0.717, 1.165) is 122 Å². The number of carbonyl (C=O) groups excluding carboxylic acids is 3. The van der Waals surface area contributed by atoms with E-state index in [1.807, 2.05) is 0 Å². The maximum Gasteiger partial charge on any atom is 0.306 e. The Bertz CT molecular complexity index is 1590. The third-order valence-corrected chi connectivity index (χ3v) is 15.3. The lowest BCUT2D eigenvalue weighted by Crippen LogP contribution is -2.30. The minimum atomic E-state index is -0.809. The number of carbonyl (C=O) groups is 3. The van der Waals surface area contributed by atoms with Gasteiger partial charge in [0.25, 0.3) is 0 Å². The molecule has 0 aromatic heterocycles. The van der Waals surface area contributed by atoms with E-state index in [9.17, 15) is 14.4 Å². The predicted octanol–water partition coefficient (Wildman–Crippen LogP) is 24.4. The summed E-state index contributed by atoms with van der Waals surface area (Å²) in [5.41, 5.74) is 0. The number of allylic oxidation sites excluding steroid dienone is 16. The molecular formula is C76H132O6. The molecule has 0 radical (unpaired) electrons. The van der Waals surface area contributed by atoms with Crippen molar-refractivity contribution in [3.8, 4) is 0 Å². The van der Waals surface area contributed by atoms with Crippen LogP contribution in [0, 0.1) is 0 Å². The Balaban J connectivity index is 4.21. The molecule has 0 aromatic carbocycles. The van der Waals surface area contributed by atoms with Crippen molar-refractivity contribution in [1.29, 1.82) is 0 Å². The summed E-state index contributed by atoms with van der Waals surface area (Å²) < 4.78 is 16.9. The van der Waals surface area contributed by atoms with E-state index in [1.165, 1.54) is 186 Å². The highest BCUT2D eigenvalue weighted by Crippen LogP contribution is 2.18. The summed E-state index contributed by atoms with van der Waals surface area (Å²) in [5, 5.41) is 0. The zero-order chi connectivity index (χ0) is 59.2. The molecule has 0 aromatic rings. The number of hydrogen-bond acceptors (Lipinski definition) is 6. The molecule has 472 valence electrons. The van der Waals surface area contributed by atoms with E-state index < -0.39 is 6.10 Å². The molecule has 0 saturated carbocycles. The molecule has 0 spiro atoms. The summed E-state index contributed by atoms with van der Waals surface area (Å²) in [7, 11) is 0. The summed E-state index contributed by atoms with van der Waals surface area (Å²) in [6, 6.07) is 0. The van der Waals surface area contributed by atoms with Gasteiger partial charge in [0.2, 0.25) is 0 Å². The van der Waals surface area contributed by atoms with Crippen molar-refractivity contribution >= 4 is 17.9 Å². The van der Waals surface area contributed by atoms with Crippen molar-refractivity contribution in [2.24, 2.45) is 0 Å². The maximum atomic E-state index is 12.9. The fourth-order valence-electron chi connectivity index (χ4n) is 10.1. The van der Waals surface area contributed by atoms with Crippen LogP contribution in [0.5, 0.6) is 0 Å². The summed E-state index contributed by atoms with van der Waals surface area (Å²) in [6.07, 6.45) is 94.7. The van der Waals surface area contributed by atoms with Gasteiger partial charge in [-0.25, -0.2) is 0 Å². The molecule has 1 unspecified atom stereocenters. The number of rotatable bonds is 64. The Morgan fingerprint density at radius 1 is 0.256 bits per heavy atom. The van der Waals surface area contributed by atoms with E-state index in [-0.39, 0.29) is 37.5 Å². The molecule has 6 heteroatoms. The average molecular weight is 1140 g/mol. The van der Waals surface area contributed by atoms with Crippen molar-refractivity contribution in [3.05, 3.63) is 97.2 Å². The van der Waals surface area contributed by atoms with E-state index >= 15 is 0 Å². The lowest BCUT2D eigenvalue weighted by molar-refractivity contribution is -0.167. The first-order valence-electron chi connectivity index (χ1n) is 35.2. The molecule has 0 aliphatic rings. The zero-order valence-corrected chi connectivity index (χ0v) is 54.2. The number of ether oxygens (including phenoxy) is 3. The fourth-order valence-corrected chi connectivity index (χ4v) is 10.1. The largest absolute Gasteiger partial charge is 0.462 e. The molecule has 0 aliphatic carbocycles. The number of esters is 3. The summed E-state index contributed by atoms with van der Waals surface area (Å²) in [6.45, 7) is 6.40. The van der Waals surface area contributed by atoms with E-state index in [0.29, 0.717) is 12.8 Å². The smallest absolute Gasteiger partial charge is 0.306 e. The molecule has 0 rings (SSSR count). The van der Waals surface area contributed by atoms with Gasteiger partial charge in [-0.2, -0.15) is 0 Å². The van der Waals surface area contributed by atoms with Gasteiger partial charge < -0.3 is 14.2 Å². The van der Waals surface area contributed by atoms with Gasteiger partial charge in [0.15, 0.2) is 6.10 Å². The van der Waals surface area contributed by atoms with Crippen molar-refractivity contribution in [2.45, 2.75) is 354 Å². The molecule has 0 amide bonds. The Morgan fingerprint density at radius 3 is 0.744 bits per heavy atom. The van der Waals surface area contributed by atoms with Crippen molar-refractivity contribution in [3.63, 3.8) is 0 Å². The highest BCUT2D eigenvalue weighted by molar-refractivity contribution is 5.71. The molecular weight excluding hydrogens is 1010 g/mol. The molecule has 0 N–H and O–H groups in total. The second kappa shape index (κ2) is 69.8. The highest BCUT2D eigenvalue weighted by atomic mass is 16.6. The van der Waals surface area contributed by atoms with E-state index in [4.69, 9.17) is 14.2 Å². The molecule has 82 heavy (non-hydrogen) atoms. The molecule has 0 bridgehead atoms. The Kier molecular flexibility index (Phi) is 66.7. The first-order chi connectivity index (χ1) is 40.5. The van der Waals surface area contributed by atoms with Crippen molar-refractivity contribution < 1.29 is 28.6 Å². The van der Waals surface area contributed by atoms with Gasteiger partial charge in [-0.15, -0.1) is 0 Å². The maximum absolute atomic E-state index is 12.9. The van der Waals surface area contributed by atoms with Crippen LogP contribution in [0.25, 0.3) is 0 Å². The monoisotopic (exact) mass is 1140 g/mol. The average Bonchev–Trinajstić information content (AvgIpc) is 3.47. The fraction of sp³-hybridized carbons (Fsp3) is 0.750.